The van der Waals surface area contributed by atoms with E-state index in [1.54, 1.807) is 7.11 Å². The topological polar surface area (TPSA) is 56.5 Å². The summed E-state index contributed by atoms with van der Waals surface area (Å²) in [4.78, 5) is 4.57. The first kappa shape index (κ1) is 16.5. The van der Waals surface area contributed by atoms with Gasteiger partial charge in [-0.15, -0.1) is 0 Å². The van der Waals surface area contributed by atoms with Gasteiger partial charge in [-0.05, 0) is 30.7 Å². The van der Waals surface area contributed by atoms with Crippen LogP contribution in [0.4, 0.5) is 0 Å². The highest BCUT2D eigenvalue weighted by Crippen LogP contribution is 2.19. The number of fused-ring (bicyclic) bond motifs is 1. The quantitative estimate of drug-likeness (QED) is 0.725. The zero-order valence-electron chi connectivity index (χ0n) is 14.0. The minimum Gasteiger partial charge on any atom is -0.491 e. The van der Waals surface area contributed by atoms with E-state index in [0.29, 0.717) is 13.2 Å². The van der Waals surface area contributed by atoms with E-state index < -0.39 is 6.10 Å². The minimum absolute atomic E-state index is 0.226. The summed E-state index contributed by atoms with van der Waals surface area (Å²) in [5.74, 6) is 1.60. The fraction of sp³-hybridized carbons (Fsp3) is 0.316. The van der Waals surface area contributed by atoms with Gasteiger partial charge in [0.25, 0.3) is 0 Å². The number of aliphatic hydroxyl groups is 1. The highest BCUT2D eigenvalue weighted by molar-refractivity contribution is 5.75. The largest absolute Gasteiger partial charge is 0.491 e. The highest BCUT2D eigenvalue weighted by Gasteiger charge is 2.14. The van der Waals surface area contributed by atoms with Gasteiger partial charge in [-0.2, -0.15) is 0 Å². The van der Waals surface area contributed by atoms with Crippen LogP contribution in [-0.2, 0) is 17.9 Å². The Balaban J connectivity index is 1.74. The van der Waals surface area contributed by atoms with Crippen LogP contribution in [0.1, 0.15) is 11.4 Å². The number of nitrogens with zero attached hydrogens (tertiary/aromatic N) is 2. The van der Waals surface area contributed by atoms with E-state index in [1.165, 1.54) is 0 Å². The minimum atomic E-state index is -0.641. The van der Waals surface area contributed by atoms with Crippen molar-refractivity contribution < 1.29 is 14.6 Å². The molecule has 0 aliphatic rings. The molecule has 0 aliphatic heterocycles. The normalized spacial score (nSPS) is 12.5. The lowest BCUT2D eigenvalue weighted by molar-refractivity contribution is 0.0898. The summed E-state index contributed by atoms with van der Waals surface area (Å²) in [6.07, 6.45) is -0.641. The van der Waals surface area contributed by atoms with E-state index in [9.17, 15) is 5.11 Å². The van der Waals surface area contributed by atoms with Crippen LogP contribution in [0, 0.1) is 6.92 Å². The molecular formula is C19H22N2O3. The van der Waals surface area contributed by atoms with Gasteiger partial charge in [0.1, 0.15) is 30.9 Å². The molecule has 0 fully saturated rings. The summed E-state index contributed by atoms with van der Waals surface area (Å²) in [6.45, 7) is 3.02. The zero-order valence-corrected chi connectivity index (χ0v) is 14.0. The second kappa shape index (κ2) is 7.47. The predicted molar refractivity (Wildman–Crippen MR) is 93.1 cm³/mol. The summed E-state index contributed by atoms with van der Waals surface area (Å²) < 4.78 is 13.0. The number of rotatable bonds is 7. The number of methoxy groups -OCH3 is 1. The van der Waals surface area contributed by atoms with Crippen molar-refractivity contribution in [2.24, 2.45) is 0 Å². The van der Waals surface area contributed by atoms with Gasteiger partial charge in [0.2, 0.25) is 0 Å². The molecule has 1 unspecified atom stereocenters. The van der Waals surface area contributed by atoms with Crippen LogP contribution in [-0.4, -0.2) is 34.5 Å². The van der Waals surface area contributed by atoms with E-state index in [0.717, 1.165) is 28.2 Å². The number of imidazole rings is 1. The summed E-state index contributed by atoms with van der Waals surface area (Å²) >= 11 is 0. The molecule has 5 heteroatoms. The molecule has 24 heavy (non-hydrogen) atoms. The summed E-state index contributed by atoms with van der Waals surface area (Å²) in [6, 6.07) is 15.7. The Morgan fingerprint density at radius 3 is 2.67 bits per heavy atom. The Hall–Kier alpha value is -2.37. The number of aryl methyl sites for hydroxylation is 1. The van der Waals surface area contributed by atoms with Crippen molar-refractivity contribution in [3.05, 3.63) is 59.9 Å². The second-order valence-corrected chi connectivity index (χ2v) is 5.79. The van der Waals surface area contributed by atoms with Crippen molar-refractivity contribution in [3.8, 4) is 5.75 Å². The molecule has 3 rings (SSSR count). The van der Waals surface area contributed by atoms with Crippen LogP contribution in [0.5, 0.6) is 5.75 Å². The highest BCUT2D eigenvalue weighted by atomic mass is 16.5. The average molecular weight is 326 g/mol. The van der Waals surface area contributed by atoms with Gasteiger partial charge in [0.05, 0.1) is 17.6 Å². The number of hydrogen-bond donors (Lipinski definition) is 1. The predicted octanol–water partition coefficient (Wildman–Crippen LogP) is 2.93. The van der Waals surface area contributed by atoms with Crippen LogP contribution in [0.25, 0.3) is 11.0 Å². The summed E-state index contributed by atoms with van der Waals surface area (Å²) in [5, 5.41) is 10.4. The molecule has 2 aromatic carbocycles. The molecule has 1 N–H and O–H groups in total. The van der Waals surface area contributed by atoms with Crippen molar-refractivity contribution in [1.82, 2.24) is 9.55 Å². The molecule has 0 saturated carbocycles. The molecule has 0 bridgehead atoms. The van der Waals surface area contributed by atoms with Crippen molar-refractivity contribution >= 4 is 11.0 Å². The lowest BCUT2D eigenvalue weighted by Gasteiger charge is -2.16. The molecule has 5 nitrogen and oxygen atoms in total. The molecule has 126 valence electrons. The van der Waals surface area contributed by atoms with E-state index >= 15 is 0 Å². The molecule has 0 radical (unpaired) electrons. The van der Waals surface area contributed by atoms with Gasteiger partial charge in [-0.3, -0.25) is 0 Å². The number of para-hydroxylation sites is 3. The Kier molecular flexibility index (Phi) is 5.13. The van der Waals surface area contributed by atoms with E-state index in [2.05, 4.69) is 4.98 Å². The molecule has 1 heterocycles. The lowest BCUT2D eigenvalue weighted by Crippen LogP contribution is -2.25. The summed E-state index contributed by atoms with van der Waals surface area (Å²) in [7, 11) is 1.64. The van der Waals surface area contributed by atoms with Gasteiger partial charge in [0, 0.05) is 7.11 Å². The third-order valence-corrected chi connectivity index (χ3v) is 3.93. The zero-order chi connectivity index (χ0) is 16.9. The number of ether oxygens (including phenoxy) is 2. The number of hydrogen-bond acceptors (Lipinski definition) is 4. The first-order valence-electron chi connectivity index (χ1n) is 7.98. The van der Waals surface area contributed by atoms with Crippen molar-refractivity contribution in [1.29, 1.82) is 0 Å². The van der Waals surface area contributed by atoms with Crippen LogP contribution in [0.2, 0.25) is 0 Å². The molecule has 1 aromatic heterocycles. The van der Waals surface area contributed by atoms with Gasteiger partial charge in [-0.25, -0.2) is 4.98 Å². The molecule has 1 atom stereocenters. The van der Waals surface area contributed by atoms with Crippen LogP contribution in [0.3, 0.4) is 0 Å². The third-order valence-electron chi connectivity index (χ3n) is 3.93. The van der Waals surface area contributed by atoms with Crippen molar-refractivity contribution in [2.45, 2.75) is 26.2 Å². The fourth-order valence-corrected chi connectivity index (χ4v) is 2.74. The maximum absolute atomic E-state index is 10.4. The van der Waals surface area contributed by atoms with Crippen LogP contribution in [0.15, 0.2) is 48.5 Å². The summed E-state index contributed by atoms with van der Waals surface area (Å²) in [5.41, 5.74) is 2.94. The SMILES string of the molecule is COCc1nc2ccccc2n1CC(O)COc1ccccc1C. The average Bonchev–Trinajstić information content (AvgIpc) is 2.92. The molecule has 0 spiro atoms. The van der Waals surface area contributed by atoms with Crippen molar-refractivity contribution in [2.75, 3.05) is 13.7 Å². The fourth-order valence-electron chi connectivity index (χ4n) is 2.74. The first-order chi connectivity index (χ1) is 11.7. The maximum Gasteiger partial charge on any atom is 0.136 e. The molecule has 0 aliphatic carbocycles. The van der Waals surface area contributed by atoms with E-state index in [4.69, 9.17) is 9.47 Å². The number of benzene rings is 2. The smallest absolute Gasteiger partial charge is 0.136 e. The van der Waals surface area contributed by atoms with Gasteiger partial charge in [0.15, 0.2) is 0 Å². The third kappa shape index (κ3) is 3.58. The molecule has 0 saturated heterocycles. The standard InChI is InChI=1S/C19H22N2O3/c1-14-7-3-6-10-18(14)24-12-15(22)11-21-17-9-5-4-8-16(17)20-19(21)13-23-2/h3-10,15,22H,11-13H2,1-2H3. The monoisotopic (exact) mass is 326 g/mol. The van der Waals surface area contributed by atoms with E-state index in [1.807, 2.05) is 60.0 Å². The molecular weight excluding hydrogens is 304 g/mol. The van der Waals surface area contributed by atoms with Crippen molar-refractivity contribution in [3.63, 3.8) is 0 Å². The Morgan fingerprint density at radius 2 is 1.88 bits per heavy atom. The Morgan fingerprint density at radius 1 is 1.12 bits per heavy atom. The lowest BCUT2D eigenvalue weighted by atomic mass is 10.2. The van der Waals surface area contributed by atoms with Crippen LogP contribution >= 0.6 is 0 Å². The second-order valence-electron chi connectivity index (χ2n) is 5.79. The number of aliphatic hydroxyl groups excluding tert-OH is 1. The van der Waals surface area contributed by atoms with Gasteiger partial charge < -0.3 is 19.1 Å². The first-order valence-corrected chi connectivity index (χ1v) is 7.98. The number of aromatic nitrogens is 2. The maximum atomic E-state index is 10.4. The molecule has 0 amide bonds. The Labute approximate surface area is 141 Å². The van der Waals surface area contributed by atoms with Crippen LogP contribution < -0.4 is 4.74 Å². The van der Waals surface area contributed by atoms with E-state index in [-0.39, 0.29) is 6.61 Å². The molecule has 3 aromatic rings. The van der Waals surface area contributed by atoms with Gasteiger partial charge in [-0.1, -0.05) is 30.3 Å². The van der Waals surface area contributed by atoms with Gasteiger partial charge >= 0.3 is 0 Å². The Bertz CT molecular complexity index is 813.